The summed E-state index contributed by atoms with van der Waals surface area (Å²) in [7, 11) is 0. The highest BCUT2D eigenvalue weighted by atomic mass is 79.9. The van der Waals surface area contributed by atoms with Crippen LogP contribution in [0, 0.1) is 0 Å². The van der Waals surface area contributed by atoms with Gasteiger partial charge in [-0.3, -0.25) is 4.79 Å². The Labute approximate surface area is 107 Å². The topological polar surface area (TPSA) is 26.3 Å². The first kappa shape index (κ1) is 14.9. The number of carbonyl (C=O) groups excluding carboxylic acids is 1. The van der Waals surface area contributed by atoms with Crippen molar-refractivity contribution in [3.05, 3.63) is 27.7 Å². The number of ether oxygens (including phenoxy) is 1. The van der Waals surface area contributed by atoms with E-state index in [-0.39, 0.29) is 4.47 Å². The molecule has 0 aromatic heterocycles. The van der Waals surface area contributed by atoms with E-state index in [1.807, 2.05) is 0 Å². The third-order valence-corrected chi connectivity index (χ3v) is 2.55. The minimum atomic E-state index is -4.68. The Balaban J connectivity index is 3.41. The number of halogens is 6. The molecule has 0 aliphatic heterocycles. The number of hydrogen-bond acceptors (Lipinski definition) is 2. The summed E-state index contributed by atoms with van der Waals surface area (Å²) in [5, 5.41) is 0. The van der Waals surface area contributed by atoms with Gasteiger partial charge in [0.2, 0.25) is 0 Å². The quantitative estimate of drug-likeness (QED) is 0.610. The van der Waals surface area contributed by atoms with Gasteiger partial charge in [0.15, 0.2) is 11.5 Å². The zero-order valence-corrected chi connectivity index (χ0v) is 10.4. The van der Waals surface area contributed by atoms with Crippen LogP contribution in [0.5, 0.6) is 5.75 Å². The van der Waals surface area contributed by atoms with Gasteiger partial charge in [0, 0.05) is 0 Å². The van der Waals surface area contributed by atoms with Gasteiger partial charge in [-0.1, -0.05) is 0 Å². The number of ketones is 1. The molecule has 0 atom stereocenters. The molecule has 0 saturated carbocycles. The van der Waals surface area contributed by atoms with Crippen LogP contribution in [0.25, 0.3) is 0 Å². The minimum absolute atomic E-state index is 0.358. The summed E-state index contributed by atoms with van der Waals surface area (Å²) in [5.41, 5.74) is -1.68. The van der Waals surface area contributed by atoms with Crippen molar-refractivity contribution in [2.45, 2.75) is 19.7 Å². The van der Waals surface area contributed by atoms with Gasteiger partial charge in [-0.05, 0) is 35.0 Å². The molecule has 0 saturated heterocycles. The number of alkyl halides is 5. The molecule has 0 aliphatic rings. The highest BCUT2D eigenvalue weighted by Gasteiger charge is 2.33. The summed E-state index contributed by atoms with van der Waals surface area (Å²) < 4.78 is 65.3. The van der Waals surface area contributed by atoms with Gasteiger partial charge in [0.1, 0.15) is 0 Å². The number of Topliss-reactive ketones (excluding diaryl/α,β-unsaturated/α-hetero) is 1. The highest BCUT2D eigenvalue weighted by molar-refractivity contribution is 9.10. The van der Waals surface area contributed by atoms with Gasteiger partial charge < -0.3 is 4.74 Å². The Morgan fingerprint density at radius 2 is 1.89 bits per heavy atom. The predicted octanol–water partition coefficient (Wildman–Crippen LogP) is 4.27. The van der Waals surface area contributed by atoms with E-state index in [1.165, 1.54) is 0 Å². The van der Waals surface area contributed by atoms with Crippen LogP contribution < -0.4 is 4.74 Å². The van der Waals surface area contributed by atoms with E-state index in [0.29, 0.717) is 12.1 Å². The molecule has 0 unspecified atom stereocenters. The van der Waals surface area contributed by atoms with Gasteiger partial charge in [0.05, 0.1) is 15.6 Å². The van der Waals surface area contributed by atoms with Crippen molar-refractivity contribution in [1.29, 1.82) is 0 Å². The molecule has 8 heteroatoms. The van der Waals surface area contributed by atoms with E-state index in [2.05, 4.69) is 20.7 Å². The Morgan fingerprint density at radius 1 is 1.33 bits per heavy atom. The molecule has 100 valence electrons. The molecule has 0 amide bonds. The van der Waals surface area contributed by atoms with E-state index in [1.54, 1.807) is 0 Å². The van der Waals surface area contributed by atoms with Crippen molar-refractivity contribution in [2.75, 3.05) is 0 Å². The highest BCUT2D eigenvalue weighted by Crippen LogP contribution is 2.38. The van der Waals surface area contributed by atoms with E-state index in [4.69, 9.17) is 0 Å². The molecular weight excluding hydrogens is 327 g/mol. The first-order valence-corrected chi connectivity index (χ1v) is 5.28. The number of rotatable bonds is 3. The van der Waals surface area contributed by atoms with Crippen molar-refractivity contribution in [3.8, 4) is 5.75 Å². The maximum Gasteiger partial charge on any atom is 0.416 e. The van der Waals surface area contributed by atoms with Crippen molar-refractivity contribution in [3.63, 3.8) is 0 Å². The number of carbonyl (C=O) groups is 1. The first-order chi connectivity index (χ1) is 8.12. The summed E-state index contributed by atoms with van der Waals surface area (Å²) in [6, 6.07) is 1.05. The summed E-state index contributed by atoms with van der Waals surface area (Å²) in [5.74, 6) is -1.41. The zero-order chi connectivity index (χ0) is 14.1. The van der Waals surface area contributed by atoms with Crippen LogP contribution in [0.4, 0.5) is 22.0 Å². The zero-order valence-electron chi connectivity index (χ0n) is 8.82. The second kappa shape index (κ2) is 5.21. The van der Waals surface area contributed by atoms with Gasteiger partial charge in [-0.2, -0.15) is 22.0 Å². The van der Waals surface area contributed by atoms with Gasteiger partial charge >= 0.3 is 12.8 Å². The molecule has 0 bridgehead atoms. The van der Waals surface area contributed by atoms with Gasteiger partial charge in [-0.15, -0.1) is 0 Å². The maximum atomic E-state index is 12.5. The first-order valence-electron chi connectivity index (χ1n) is 4.49. The normalized spacial score (nSPS) is 11.8. The summed E-state index contributed by atoms with van der Waals surface area (Å²) in [6.45, 7) is -2.28. The monoisotopic (exact) mass is 332 g/mol. The van der Waals surface area contributed by atoms with Crippen LogP contribution in [-0.2, 0) is 6.18 Å². The minimum Gasteiger partial charge on any atom is -0.433 e. The Bertz CT molecular complexity index is 470. The second-order valence-electron chi connectivity index (χ2n) is 3.27. The van der Waals surface area contributed by atoms with Crippen LogP contribution in [0.15, 0.2) is 16.6 Å². The lowest BCUT2D eigenvalue weighted by molar-refractivity contribution is -0.137. The van der Waals surface area contributed by atoms with Gasteiger partial charge in [0.25, 0.3) is 0 Å². The third kappa shape index (κ3) is 3.41. The average molecular weight is 333 g/mol. The van der Waals surface area contributed by atoms with Gasteiger partial charge in [-0.25, -0.2) is 0 Å². The SMILES string of the molecule is CC(=O)c1cc(C(F)(F)F)cc(Br)c1OC(F)F. The molecule has 1 aromatic rings. The lowest BCUT2D eigenvalue weighted by Gasteiger charge is -2.14. The number of benzene rings is 1. The van der Waals surface area contributed by atoms with Crippen molar-refractivity contribution < 1.29 is 31.5 Å². The fraction of sp³-hybridized carbons (Fsp3) is 0.300. The Morgan fingerprint density at radius 3 is 2.28 bits per heavy atom. The molecule has 18 heavy (non-hydrogen) atoms. The van der Waals surface area contributed by atoms with Crippen molar-refractivity contribution in [2.24, 2.45) is 0 Å². The number of hydrogen-bond donors (Lipinski definition) is 0. The second-order valence-corrected chi connectivity index (χ2v) is 4.12. The molecule has 2 nitrogen and oxygen atoms in total. The Kier molecular flexibility index (Phi) is 4.31. The summed E-state index contributed by atoms with van der Waals surface area (Å²) >= 11 is 2.68. The third-order valence-electron chi connectivity index (χ3n) is 1.96. The summed E-state index contributed by atoms with van der Waals surface area (Å²) in [6.07, 6.45) is -4.68. The van der Waals surface area contributed by atoms with E-state index in [9.17, 15) is 26.7 Å². The van der Waals surface area contributed by atoms with E-state index < -0.39 is 35.4 Å². The van der Waals surface area contributed by atoms with Crippen LogP contribution in [-0.4, -0.2) is 12.4 Å². The molecule has 0 spiro atoms. The van der Waals surface area contributed by atoms with E-state index in [0.717, 1.165) is 6.92 Å². The lowest BCUT2D eigenvalue weighted by atomic mass is 10.1. The Hall–Kier alpha value is -1.18. The molecule has 0 fully saturated rings. The van der Waals surface area contributed by atoms with Crippen LogP contribution in [0.1, 0.15) is 22.8 Å². The molecule has 1 rings (SSSR count). The molecular formula is C10H6BrF5O2. The summed E-state index contributed by atoms with van der Waals surface area (Å²) in [4.78, 5) is 11.2. The molecule has 0 heterocycles. The van der Waals surface area contributed by atoms with Crippen LogP contribution in [0.3, 0.4) is 0 Å². The molecule has 1 aromatic carbocycles. The standard InChI is InChI=1S/C10H6BrF5O2/c1-4(17)6-2-5(10(14,15)16)3-7(11)8(6)18-9(12)13/h2-3,9H,1H3. The predicted molar refractivity (Wildman–Crippen MR) is 55.8 cm³/mol. The maximum absolute atomic E-state index is 12.5. The molecule has 0 aliphatic carbocycles. The van der Waals surface area contributed by atoms with Crippen LogP contribution in [0.2, 0.25) is 0 Å². The lowest BCUT2D eigenvalue weighted by Crippen LogP contribution is -2.11. The van der Waals surface area contributed by atoms with Crippen molar-refractivity contribution in [1.82, 2.24) is 0 Å². The molecule has 0 radical (unpaired) electrons. The van der Waals surface area contributed by atoms with E-state index >= 15 is 0 Å². The fourth-order valence-corrected chi connectivity index (χ4v) is 1.78. The fourth-order valence-electron chi connectivity index (χ4n) is 1.23. The van der Waals surface area contributed by atoms with Crippen LogP contribution >= 0.6 is 15.9 Å². The largest absolute Gasteiger partial charge is 0.433 e. The smallest absolute Gasteiger partial charge is 0.416 e. The van der Waals surface area contributed by atoms with Crippen molar-refractivity contribution >= 4 is 21.7 Å². The average Bonchev–Trinajstić information content (AvgIpc) is 2.17. The molecule has 0 N–H and O–H groups in total.